The lowest BCUT2D eigenvalue weighted by Gasteiger charge is -2.02. The van der Waals surface area contributed by atoms with Crippen LogP contribution in [0.2, 0.25) is 0 Å². The normalized spacial score (nSPS) is 9.00. The Morgan fingerprint density at radius 3 is 2.67 bits per heavy atom. The zero-order valence-corrected chi connectivity index (χ0v) is 7.48. The third kappa shape index (κ3) is 1.60. The summed E-state index contributed by atoms with van der Waals surface area (Å²) in [4.78, 5) is 0.747. The van der Waals surface area contributed by atoms with E-state index in [-0.39, 0.29) is 0 Å². The van der Waals surface area contributed by atoms with E-state index in [1.807, 2.05) is 13.0 Å². The Morgan fingerprint density at radius 2 is 2.25 bits per heavy atom. The maximum absolute atomic E-state index is 8.55. The average Bonchev–Trinajstić information content (AvgIpc) is 2.03. The average molecular weight is 176 g/mol. The molecule has 0 fully saturated rings. The number of rotatable bonds is 1. The Kier molecular flexibility index (Phi) is 2.41. The predicted molar refractivity (Wildman–Crippen MR) is 52.9 cm³/mol. The number of hydrogen-bond donors (Lipinski definition) is 1. The molecule has 0 radical (unpaired) electrons. The third-order valence-corrected chi connectivity index (χ3v) is 1.78. The van der Waals surface area contributed by atoms with Crippen molar-refractivity contribution in [1.82, 2.24) is 0 Å². The number of nitrogen functional groups attached to an aromatic ring is 1. The molecule has 0 aliphatic carbocycles. The molecule has 60 valence electrons. The van der Waals surface area contributed by atoms with Gasteiger partial charge in [-0.25, -0.2) is 0 Å². The first-order valence-electron chi connectivity index (χ1n) is 3.45. The molecule has 12 heavy (non-hydrogen) atoms. The first kappa shape index (κ1) is 8.69. The van der Waals surface area contributed by atoms with E-state index in [0.29, 0.717) is 11.3 Å². The minimum Gasteiger partial charge on any atom is -0.398 e. The summed E-state index contributed by atoms with van der Waals surface area (Å²) in [7, 11) is 0. The van der Waals surface area contributed by atoms with Crippen molar-refractivity contribution in [3.05, 3.63) is 29.3 Å². The van der Waals surface area contributed by atoms with Crippen LogP contribution in [0.5, 0.6) is 0 Å². The molecule has 1 aromatic rings. The Morgan fingerprint density at radius 1 is 1.58 bits per heavy atom. The monoisotopic (exact) mass is 176 g/mol. The summed E-state index contributed by atoms with van der Waals surface area (Å²) in [6.45, 7) is 1.81. The van der Waals surface area contributed by atoms with E-state index in [1.54, 1.807) is 18.2 Å². The molecule has 2 N–H and O–H groups in total. The SMILES string of the molecule is CC(=S)c1ccc(C#N)cc1N. The first-order chi connectivity index (χ1) is 5.65. The molecule has 2 nitrogen and oxygen atoms in total. The Balaban J connectivity index is 3.23. The van der Waals surface area contributed by atoms with Crippen LogP contribution in [0.4, 0.5) is 5.69 Å². The zero-order chi connectivity index (χ0) is 9.14. The summed E-state index contributed by atoms with van der Waals surface area (Å²) in [5.74, 6) is 0. The van der Waals surface area contributed by atoms with E-state index in [0.717, 1.165) is 10.4 Å². The third-order valence-electron chi connectivity index (χ3n) is 1.56. The van der Waals surface area contributed by atoms with Crippen LogP contribution in [0.15, 0.2) is 18.2 Å². The van der Waals surface area contributed by atoms with Crippen molar-refractivity contribution in [1.29, 1.82) is 5.26 Å². The van der Waals surface area contributed by atoms with Crippen LogP contribution in [0, 0.1) is 11.3 Å². The minimum absolute atomic E-state index is 0.563. The Bertz CT molecular complexity index is 363. The molecular formula is C9H8N2S. The van der Waals surface area contributed by atoms with E-state index in [2.05, 4.69) is 0 Å². The highest BCUT2D eigenvalue weighted by Gasteiger charge is 2.01. The summed E-state index contributed by atoms with van der Waals surface area (Å²) >= 11 is 4.97. The summed E-state index contributed by atoms with van der Waals surface area (Å²) in [6, 6.07) is 7.12. The second-order valence-electron chi connectivity index (χ2n) is 2.47. The van der Waals surface area contributed by atoms with E-state index in [9.17, 15) is 0 Å². The van der Waals surface area contributed by atoms with Crippen molar-refractivity contribution in [2.24, 2.45) is 0 Å². The molecule has 0 heterocycles. The van der Waals surface area contributed by atoms with Crippen LogP contribution in [0.3, 0.4) is 0 Å². The van der Waals surface area contributed by atoms with Gasteiger partial charge < -0.3 is 5.73 Å². The number of thiocarbonyl (C=S) groups is 1. The highest BCUT2D eigenvalue weighted by atomic mass is 32.1. The fraction of sp³-hybridized carbons (Fsp3) is 0.111. The zero-order valence-electron chi connectivity index (χ0n) is 6.66. The van der Waals surface area contributed by atoms with Crippen LogP contribution in [0.25, 0.3) is 0 Å². The van der Waals surface area contributed by atoms with Gasteiger partial charge in [0, 0.05) is 16.1 Å². The number of nitrogens with two attached hydrogens (primary N) is 1. The van der Waals surface area contributed by atoms with Gasteiger partial charge in [0.1, 0.15) is 0 Å². The summed E-state index contributed by atoms with van der Waals surface area (Å²) in [5.41, 5.74) is 7.63. The first-order valence-corrected chi connectivity index (χ1v) is 3.86. The molecule has 0 spiro atoms. The van der Waals surface area contributed by atoms with Crippen molar-refractivity contribution in [3.8, 4) is 6.07 Å². The van der Waals surface area contributed by atoms with E-state index < -0.39 is 0 Å². The topological polar surface area (TPSA) is 49.8 Å². The van der Waals surface area contributed by atoms with Crippen molar-refractivity contribution >= 4 is 22.8 Å². The highest BCUT2D eigenvalue weighted by Crippen LogP contribution is 2.14. The van der Waals surface area contributed by atoms with Crippen LogP contribution >= 0.6 is 12.2 Å². The Hall–Kier alpha value is -1.40. The lowest BCUT2D eigenvalue weighted by molar-refractivity contribution is 1.48. The van der Waals surface area contributed by atoms with Gasteiger partial charge >= 0.3 is 0 Å². The van der Waals surface area contributed by atoms with Gasteiger partial charge in [-0.3, -0.25) is 0 Å². The quantitative estimate of drug-likeness (QED) is 0.404. The summed E-state index contributed by atoms with van der Waals surface area (Å²) in [6.07, 6.45) is 0. The summed E-state index contributed by atoms with van der Waals surface area (Å²) < 4.78 is 0. The summed E-state index contributed by atoms with van der Waals surface area (Å²) in [5, 5.41) is 8.55. The van der Waals surface area contributed by atoms with E-state index in [1.165, 1.54) is 0 Å². The minimum atomic E-state index is 0.563. The molecule has 0 aliphatic rings. The van der Waals surface area contributed by atoms with Gasteiger partial charge in [0.25, 0.3) is 0 Å². The van der Waals surface area contributed by atoms with Crippen molar-refractivity contribution in [2.45, 2.75) is 6.92 Å². The molecule has 1 aromatic carbocycles. The molecule has 0 aliphatic heterocycles. The molecule has 0 amide bonds. The molecule has 1 rings (SSSR count). The maximum atomic E-state index is 8.55. The van der Waals surface area contributed by atoms with Gasteiger partial charge in [-0.1, -0.05) is 18.3 Å². The van der Waals surface area contributed by atoms with Gasteiger partial charge in [-0.2, -0.15) is 5.26 Å². The molecular weight excluding hydrogens is 168 g/mol. The smallest absolute Gasteiger partial charge is 0.0992 e. The lowest BCUT2D eigenvalue weighted by Crippen LogP contribution is -1.98. The number of anilines is 1. The van der Waals surface area contributed by atoms with Gasteiger partial charge in [0.05, 0.1) is 11.6 Å². The van der Waals surface area contributed by atoms with Crippen molar-refractivity contribution in [3.63, 3.8) is 0 Å². The Labute approximate surface area is 76.6 Å². The lowest BCUT2D eigenvalue weighted by atomic mass is 10.1. The standard InChI is InChI=1S/C9H8N2S/c1-6(12)8-3-2-7(5-10)4-9(8)11/h2-4H,11H2,1H3. The van der Waals surface area contributed by atoms with Crippen LogP contribution in [0.1, 0.15) is 18.1 Å². The molecule has 0 aromatic heterocycles. The van der Waals surface area contributed by atoms with E-state index in [4.69, 9.17) is 23.2 Å². The molecule has 3 heteroatoms. The molecule has 0 saturated carbocycles. The van der Waals surface area contributed by atoms with Crippen molar-refractivity contribution in [2.75, 3.05) is 5.73 Å². The number of nitriles is 1. The molecule has 0 atom stereocenters. The second kappa shape index (κ2) is 3.33. The van der Waals surface area contributed by atoms with E-state index >= 15 is 0 Å². The van der Waals surface area contributed by atoms with Gasteiger partial charge in [-0.15, -0.1) is 0 Å². The van der Waals surface area contributed by atoms with Gasteiger partial charge in [0.2, 0.25) is 0 Å². The predicted octanol–water partition coefficient (Wildman–Crippen LogP) is 1.88. The molecule has 0 unspecified atom stereocenters. The fourth-order valence-corrected chi connectivity index (χ4v) is 1.14. The largest absolute Gasteiger partial charge is 0.398 e. The molecule has 0 bridgehead atoms. The highest BCUT2D eigenvalue weighted by molar-refractivity contribution is 7.80. The number of nitrogens with zero attached hydrogens (tertiary/aromatic N) is 1. The van der Waals surface area contributed by atoms with Crippen LogP contribution in [-0.2, 0) is 0 Å². The number of hydrogen-bond acceptors (Lipinski definition) is 3. The maximum Gasteiger partial charge on any atom is 0.0992 e. The fourth-order valence-electron chi connectivity index (χ4n) is 0.953. The van der Waals surface area contributed by atoms with Crippen molar-refractivity contribution < 1.29 is 0 Å². The van der Waals surface area contributed by atoms with Gasteiger partial charge in [0.15, 0.2) is 0 Å². The second-order valence-corrected chi connectivity index (χ2v) is 3.08. The van der Waals surface area contributed by atoms with Gasteiger partial charge in [-0.05, 0) is 19.1 Å². The van der Waals surface area contributed by atoms with Crippen LogP contribution in [-0.4, -0.2) is 4.86 Å². The number of benzene rings is 1. The molecule has 0 saturated heterocycles. The van der Waals surface area contributed by atoms with Crippen LogP contribution < -0.4 is 5.73 Å².